The maximum atomic E-state index is 11.7. The first kappa shape index (κ1) is 16.8. The normalized spacial score (nSPS) is 9.91. The third-order valence-corrected chi connectivity index (χ3v) is 3.84. The first-order valence-electron chi connectivity index (χ1n) is 6.88. The Morgan fingerprint density at radius 2 is 1.91 bits per heavy atom. The summed E-state index contributed by atoms with van der Waals surface area (Å²) in [5.74, 6) is 2.11. The smallest absolute Gasteiger partial charge is 0.258 e. The van der Waals surface area contributed by atoms with Gasteiger partial charge in [0.25, 0.3) is 5.91 Å². The summed E-state index contributed by atoms with van der Waals surface area (Å²) in [5.41, 5.74) is 0. The van der Waals surface area contributed by atoms with Gasteiger partial charge in [0, 0.05) is 0 Å². The molecule has 2 aromatic rings. The molecule has 6 heteroatoms. The minimum Gasteiger partial charge on any atom is -0.483 e. The molecule has 0 unspecified atom stereocenters. The van der Waals surface area contributed by atoms with E-state index in [2.05, 4.69) is 32.5 Å². The van der Waals surface area contributed by atoms with Crippen molar-refractivity contribution in [3.05, 3.63) is 40.9 Å². The number of ether oxygens (including phenoxy) is 1. The highest BCUT2D eigenvalue weighted by atomic mass is 79.9. The number of amides is 2. The summed E-state index contributed by atoms with van der Waals surface area (Å²) in [6.07, 6.45) is 5.02. The lowest BCUT2D eigenvalue weighted by atomic mass is 10.1. The molecule has 2 amide bonds. The van der Waals surface area contributed by atoms with Crippen molar-refractivity contribution in [2.24, 2.45) is 0 Å². The van der Waals surface area contributed by atoms with Gasteiger partial charge in [0.15, 0.2) is 6.61 Å². The zero-order valence-electron chi connectivity index (χ0n) is 12.3. The second-order valence-electron chi connectivity index (χ2n) is 4.65. The molecule has 0 saturated heterocycles. The molecular weight excluding hydrogens is 360 g/mol. The van der Waals surface area contributed by atoms with Gasteiger partial charge in [-0.05, 0) is 32.8 Å². The van der Waals surface area contributed by atoms with Crippen molar-refractivity contribution in [2.75, 3.05) is 19.7 Å². The van der Waals surface area contributed by atoms with Gasteiger partial charge in [-0.25, -0.2) is 0 Å². The van der Waals surface area contributed by atoms with Crippen LogP contribution in [0.3, 0.4) is 0 Å². The molecule has 0 saturated carbocycles. The van der Waals surface area contributed by atoms with Crippen LogP contribution in [0.1, 0.15) is 0 Å². The molecule has 5 nitrogen and oxygen atoms in total. The molecular formula is C17H15BrN2O3. The Labute approximate surface area is 142 Å². The molecule has 0 aliphatic rings. The largest absolute Gasteiger partial charge is 0.483 e. The summed E-state index contributed by atoms with van der Waals surface area (Å²) >= 11 is 3.48. The highest BCUT2D eigenvalue weighted by Crippen LogP contribution is 2.32. The van der Waals surface area contributed by atoms with E-state index in [1.165, 1.54) is 0 Å². The molecule has 0 bridgehead atoms. The standard InChI is InChI=1S/C17H15BrN2O3/c1-2-9-19-15(21)10-20-16(22)11-23-14-8-7-12-5-3-4-6-13(12)17(14)18/h1,3-8H,9-11H2,(H,19,21)(H,20,22). The number of benzene rings is 2. The van der Waals surface area contributed by atoms with Crippen LogP contribution in [-0.4, -0.2) is 31.5 Å². The Morgan fingerprint density at radius 1 is 1.13 bits per heavy atom. The highest BCUT2D eigenvalue weighted by molar-refractivity contribution is 9.10. The van der Waals surface area contributed by atoms with Crippen molar-refractivity contribution in [3.8, 4) is 18.1 Å². The minimum absolute atomic E-state index is 0.134. The lowest BCUT2D eigenvalue weighted by Gasteiger charge is -2.10. The van der Waals surface area contributed by atoms with Gasteiger partial charge in [-0.2, -0.15) is 0 Å². The van der Waals surface area contributed by atoms with Gasteiger partial charge in [0.2, 0.25) is 5.91 Å². The number of hydrogen-bond donors (Lipinski definition) is 2. The molecule has 0 aliphatic carbocycles. The number of fused-ring (bicyclic) bond motifs is 1. The molecule has 0 atom stereocenters. The second-order valence-corrected chi connectivity index (χ2v) is 5.44. The van der Waals surface area contributed by atoms with Crippen molar-refractivity contribution < 1.29 is 14.3 Å². The van der Waals surface area contributed by atoms with E-state index in [4.69, 9.17) is 11.2 Å². The van der Waals surface area contributed by atoms with Gasteiger partial charge in [0.1, 0.15) is 5.75 Å². The fourth-order valence-electron chi connectivity index (χ4n) is 1.91. The van der Waals surface area contributed by atoms with Crippen molar-refractivity contribution in [1.29, 1.82) is 0 Å². The van der Waals surface area contributed by atoms with Crippen LogP contribution in [0.15, 0.2) is 40.9 Å². The van der Waals surface area contributed by atoms with E-state index < -0.39 is 0 Å². The van der Waals surface area contributed by atoms with E-state index in [9.17, 15) is 9.59 Å². The Bertz CT molecular complexity index is 768. The molecule has 0 fully saturated rings. The van der Waals surface area contributed by atoms with Crippen molar-refractivity contribution in [2.45, 2.75) is 0 Å². The predicted molar refractivity (Wildman–Crippen MR) is 92.0 cm³/mol. The van der Waals surface area contributed by atoms with Crippen molar-refractivity contribution in [3.63, 3.8) is 0 Å². The summed E-state index contributed by atoms with van der Waals surface area (Å²) in [5, 5.41) is 6.98. The van der Waals surface area contributed by atoms with Crippen LogP contribution in [0, 0.1) is 12.3 Å². The van der Waals surface area contributed by atoms with Crippen molar-refractivity contribution in [1.82, 2.24) is 10.6 Å². The zero-order valence-corrected chi connectivity index (χ0v) is 13.9. The first-order chi connectivity index (χ1) is 11.1. The van der Waals surface area contributed by atoms with Gasteiger partial charge in [0.05, 0.1) is 17.6 Å². The maximum Gasteiger partial charge on any atom is 0.258 e. The second kappa shape index (κ2) is 8.20. The minimum atomic E-state index is -0.388. The van der Waals surface area contributed by atoms with Crippen molar-refractivity contribution >= 4 is 38.5 Å². The molecule has 2 rings (SSSR count). The topological polar surface area (TPSA) is 67.4 Å². The number of terminal acetylenes is 1. The number of carbonyl (C=O) groups is 2. The quantitative estimate of drug-likeness (QED) is 0.758. The van der Waals surface area contributed by atoms with Crippen LogP contribution in [0.2, 0.25) is 0 Å². The van der Waals surface area contributed by atoms with E-state index in [0.717, 1.165) is 15.2 Å². The summed E-state index contributed by atoms with van der Waals surface area (Å²) in [6.45, 7) is -0.183. The highest BCUT2D eigenvalue weighted by Gasteiger charge is 2.09. The van der Waals surface area contributed by atoms with E-state index in [1.807, 2.05) is 30.3 Å². The molecule has 0 aliphatic heterocycles. The van der Waals surface area contributed by atoms with Gasteiger partial charge < -0.3 is 15.4 Å². The lowest BCUT2D eigenvalue weighted by Crippen LogP contribution is -2.39. The molecule has 118 valence electrons. The Hall–Kier alpha value is -2.52. The van der Waals surface area contributed by atoms with Crippen LogP contribution in [0.25, 0.3) is 10.8 Å². The number of rotatable bonds is 6. The van der Waals surface area contributed by atoms with Crippen LogP contribution in [0.5, 0.6) is 5.75 Å². The summed E-state index contributed by atoms with van der Waals surface area (Å²) < 4.78 is 6.28. The van der Waals surface area contributed by atoms with E-state index >= 15 is 0 Å². The average molecular weight is 375 g/mol. The lowest BCUT2D eigenvalue weighted by molar-refractivity contribution is -0.127. The van der Waals surface area contributed by atoms with Crippen LogP contribution >= 0.6 is 15.9 Å². The number of nitrogens with one attached hydrogen (secondary N) is 2. The summed E-state index contributed by atoms with van der Waals surface area (Å²) in [6, 6.07) is 11.5. The zero-order chi connectivity index (χ0) is 16.7. The summed E-state index contributed by atoms with van der Waals surface area (Å²) in [4.78, 5) is 23.0. The van der Waals surface area contributed by atoms with Crippen LogP contribution < -0.4 is 15.4 Å². The van der Waals surface area contributed by atoms with E-state index in [1.54, 1.807) is 6.07 Å². The average Bonchev–Trinajstić information content (AvgIpc) is 2.57. The van der Waals surface area contributed by atoms with Gasteiger partial charge in [-0.3, -0.25) is 9.59 Å². The summed E-state index contributed by atoms with van der Waals surface area (Å²) in [7, 11) is 0. The van der Waals surface area contributed by atoms with E-state index in [0.29, 0.717) is 5.75 Å². The Morgan fingerprint density at radius 3 is 2.70 bits per heavy atom. The molecule has 0 aromatic heterocycles. The van der Waals surface area contributed by atoms with Gasteiger partial charge >= 0.3 is 0 Å². The number of carbonyl (C=O) groups excluding carboxylic acids is 2. The van der Waals surface area contributed by atoms with Crippen LogP contribution in [-0.2, 0) is 9.59 Å². The van der Waals surface area contributed by atoms with Crippen LogP contribution in [0.4, 0.5) is 0 Å². The Balaban J connectivity index is 1.88. The third kappa shape index (κ3) is 4.73. The monoisotopic (exact) mass is 374 g/mol. The fraction of sp³-hybridized carbons (Fsp3) is 0.176. The molecule has 2 N–H and O–H groups in total. The number of halogens is 1. The molecule has 0 radical (unpaired) electrons. The molecule has 23 heavy (non-hydrogen) atoms. The van der Waals surface area contributed by atoms with Gasteiger partial charge in [-0.1, -0.05) is 36.3 Å². The predicted octanol–water partition coefficient (Wildman–Crippen LogP) is 1.85. The Kier molecular flexibility index (Phi) is 6.01. The van der Waals surface area contributed by atoms with E-state index in [-0.39, 0.29) is 31.5 Å². The molecule has 0 spiro atoms. The first-order valence-corrected chi connectivity index (χ1v) is 7.68. The molecule has 2 aromatic carbocycles. The SMILES string of the molecule is C#CCNC(=O)CNC(=O)COc1ccc2ccccc2c1Br. The van der Waals surface area contributed by atoms with Gasteiger partial charge in [-0.15, -0.1) is 6.42 Å². The third-order valence-electron chi connectivity index (χ3n) is 3.02. The fourth-order valence-corrected chi connectivity index (χ4v) is 2.52. The molecule has 0 heterocycles. The maximum absolute atomic E-state index is 11.7. The number of hydrogen-bond acceptors (Lipinski definition) is 3.